The Bertz CT molecular complexity index is 462. The Kier molecular flexibility index (Phi) is 3.22. The first-order valence-corrected chi connectivity index (χ1v) is 6.96. The van der Waals surface area contributed by atoms with Crippen LogP contribution in [0.2, 0.25) is 0 Å². The summed E-state index contributed by atoms with van der Waals surface area (Å²) < 4.78 is 0. The number of rotatable bonds is 3. The van der Waals surface area contributed by atoms with Crippen molar-refractivity contribution < 1.29 is 4.79 Å². The molecule has 2 heterocycles. The predicted molar refractivity (Wildman–Crippen MR) is 71.4 cm³/mol. The summed E-state index contributed by atoms with van der Waals surface area (Å²) in [6.45, 7) is 5.31. The number of aromatic nitrogens is 2. The Morgan fingerprint density at radius 1 is 1.37 bits per heavy atom. The molecule has 2 aliphatic rings. The van der Waals surface area contributed by atoms with Gasteiger partial charge in [-0.2, -0.15) is 0 Å². The van der Waals surface area contributed by atoms with Crippen LogP contribution in [-0.2, 0) is 11.3 Å². The lowest BCUT2D eigenvalue weighted by molar-refractivity contribution is -0.125. The van der Waals surface area contributed by atoms with E-state index in [2.05, 4.69) is 20.6 Å². The van der Waals surface area contributed by atoms with Crippen LogP contribution in [-0.4, -0.2) is 28.5 Å². The minimum atomic E-state index is 0.144. The Morgan fingerprint density at radius 3 is 2.63 bits per heavy atom. The van der Waals surface area contributed by atoms with E-state index in [1.165, 1.54) is 6.42 Å². The highest BCUT2D eigenvalue weighted by Crippen LogP contribution is 2.36. The Morgan fingerprint density at radius 2 is 2.11 bits per heavy atom. The van der Waals surface area contributed by atoms with Crippen LogP contribution < -0.4 is 10.6 Å². The highest BCUT2D eigenvalue weighted by Gasteiger charge is 2.45. The van der Waals surface area contributed by atoms with Gasteiger partial charge in [0.25, 0.3) is 0 Å². The van der Waals surface area contributed by atoms with Crippen molar-refractivity contribution in [2.75, 3.05) is 6.54 Å². The molecule has 1 aromatic rings. The number of amides is 1. The van der Waals surface area contributed by atoms with Crippen molar-refractivity contribution in [3.63, 3.8) is 0 Å². The average molecular weight is 260 g/mol. The Hall–Kier alpha value is -1.49. The highest BCUT2D eigenvalue weighted by molar-refractivity contribution is 5.80. The predicted octanol–water partition coefficient (Wildman–Crippen LogP) is 0.708. The summed E-state index contributed by atoms with van der Waals surface area (Å²) >= 11 is 0. The van der Waals surface area contributed by atoms with E-state index in [0.29, 0.717) is 24.3 Å². The molecular weight excluding hydrogens is 240 g/mol. The number of fused-ring (bicyclic) bond motifs is 2. The molecule has 5 nitrogen and oxygen atoms in total. The van der Waals surface area contributed by atoms with E-state index in [-0.39, 0.29) is 11.8 Å². The molecule has 102 valence electrons. The van der Waals surface area contributed by atoms with Crippen LogP contribution in [0.25, 0.3) is 0 Å². The average Bonchev–Trinajstić information content (AvgIpc) is 2.94. The molecule has 2 bridgehead atoms. The molecule has 1 saturated carbocycles. The van der Waals surface area contributed by atoms with Gasteiger partial charge in [0.15, 0.2) is 0 Å². The van der Waals surface area contributed by atoms with Gasteiger partial charge in [-0.3, -0.25) is 4.79 Å². The Labute approximate surface area is 113 Å². The molecule has 1 saturated heterocycles. The monoisotopic (exact) mass is 260 g/mol. The lowest BCUT2D eigenvalue weighted by atomic mass is 9.97. The van der Waals surface area contributed by atoms with Gasteiger partial charge in [-0.05, 0) is 45.2 Å². The molecule has 1 aliphatic heterocycles. The fourth-order valence-electron chi connectivity index (χ4n) is 3.40. The lowest BCUT2D eigenvalue weighted by Gasteiger charge is -2.14. The quantitative estimate of drug-likeness (QED) is 0.840. The summed E-state index contributed by atoms with van der Waals surface area (Å²) in [5.74, 6) is 1.51. The molecule has 1 aromatic heterocycles. The summed E-state index contributed by atoms with van der Waals surface area (Å²) in [6.07, 6.45) is 2.30. The smallest absolute Gasteiger partial charge is 0.225 e. The third-order valence-corrected chi connectivity index (χ3v) is 4.18. The van der Waals surface area contributed by atoms with Gasteiger partial charge in [0, 0.05) is 17.4 Å². The second-order valence-corrected chi connectivity index (χ2v) is 5.66. The number of carbonyl (C=O) groups is 1. The minimum absolute atomic E-state index is 0.144. The SMILES string of the molecule is Cc1cc(C)nc(CNC(=O)[C@@H]2[C@H]3CC[C@@H]2NC3)n1. The lowest BCUT2D eigenvalue weighted by Crippen LogP contribution is -2.37. The standard InChI is InChI=1S/C14H20N4O/c1-8-5-9(2)18-12(17-8)7-16-14(19)13-10-3-4-11(13)15-6-10/h5,10-11,13,15H,3-4,6-7H2,1-2H3,(H,16,19)/t10-,11-,13+/m0/s1. The first-order valence-electron chi connectivity index (χ1n) is 6.96. The van der Waals surface area contributed by atoms with E-state index >= 15 is 0 Å². The molecule has 0 radical (unpaired) electrons. The molecule has 2 fully saturated rings. The molecule has 19 heavy (non-hydrogen) atoms. The zero-order valence-electron chi connectivity index (χ0n) is 11.4. The van der Waals surface area contributed by atoms with E-state index in [4.69, 9.17) is 0 Å². The number of carbonyl (C=O) groups excluding carboxylic acids is 1. The van der Waals surface area contributed by atoms with Crippen LogP contribution >= 0.6 is 0 Å². The second-order valence-electron chi connectivity index (χ2n) is 5.66. The van der Waals surface area contributed by atoms with E-state index < -0.39 is 0 Å². The van der Waals surface area contributed by atoms with Crippen LogP contribution in [0.1, 0.15) is 30.1 Å². The maximum atomic E-state index is 12.2. The molecular formula is C14H20N4O. The normalized spacial score (nSPS) is 28.6. The molecule has 1 amide bonds. The second kappa shape index (κ2) is 4.89. The maximum absolute atomic E-state index is 12.2. The third-order valence-electron chi connectivity index (χ3n) is 4.18. The third kappa shape index (κ3) is 2.47. The van der Waals surface area contributed by atoms with Crippen molar-refractivity contribution in [2.24, 2.45) is 11.8 Å². The van der Waals surface area contributed by atoms with Crippen LogP contribution in [0.3, 0.4) is 0 Å². The molecule has 0 aromatic carbocycles. The number of nitrogens with zero attached hydrogens (tertiary/aromatic N) is 2. The van der Waals surface area contributed by atoms with Crippen LogP contribution in [0.15, 0.2) is 6.07 Å². The van der Waals surface area contributed by atoms with E-state index in [9.17, 15) is 4.79 Å². The summed E-state index contributed by atoms with van der Waals surface area (Å²) in [5, 5.41) is 6.40. The Balaban J connectivity index is 1.61. The fourth-order valence-corrected chi connectivity index (χ4v) is 3.40. The van der Waals surface area contributed by atoms with Gasteiger partial charge in [0.1, 0.15) is 5.82 Å². The van der Waals surface area contributed by atoms with E-state index in [1.807, 2.05) is 19.9 Å². The van der Waals surface area contributed by atoms with Gasteiger partial charge >= 0.3 is 0 Å². The molecule has 2 N–H and O–H groups in total. The van der Waals surface area contributed by atoms with Gasteiger partial charge in [-0.15, -0.1) is 0 Å². The van der Waals surface area contributed by atoms with E-state index in [1.54, 1.807) is 0 Å². The minimum Gasteiger partial charge on any atom is -0.349 e. The number of nitrogens with one attached hydrogen (secondary N) is 2. The van der Waals surface area contributed by atoms with E-state index in [0.717, 1.165) is 24.4 Å². The van der Waals surface area contributed by atoms with Gasteiger partial charge in [0.2, 0.25) is 5.91 Å². The summed E-state index contributed by atoms with van der Waals surface area (Å²) in [6, 6.07) is 2.32. The number of aryl methyl sites for hydroxylation is 2. The molecule has 0 unspecified atom stereocenters. The van der Waals surface area contributed by atoms with Crippen molar-refractivity contribution in [3.05, 3.63) is 23.3 Å². The zero-order chi connectivity index (χ0) is 13.4. The van der Waals surface area contributed by atoms with Gasteiger partial charge in [-0.1, -0.05) is 0 Å². The molecule has 0 spiro atoms. The van der Waals surface area contributed by atoms with Crippen LogP contribution in [0, 0.1) is 25.7 Å². The summed E-state index contributed by atoms with van der Waals surface area (Å²) in [5.41, 5.74) is 1.89. The molecule has 1 aliphatic carbocycles. The zero-order valence-corrected chi connectivity index (χ0v) is 11.4. The van der Waals surface area contributed by atoms with Gasteiger partial charge < -0.3 is 10.6 Å². The van der Waals surface area contributed by atoms with Crippen molar-refractivity contribution in [1.82, 2.24) is 20.6 Å². The largest absolute Gasteiger partial charge is 0.349 e. The number of hydrogen-bond donors (Lipinski definition) is 2. The topological polar surface area (TPSA) is 66.9 Å². The van der Waals surface area contributed by atoms with Crippen molar-refractivity contribution in [3.8, 4) is 0 Å². The first-order chi connectivity index (χ1) is 9.13. The van der Waals surface area contributed by atoms with Crippen LogP contribution in [0.4, 0.5) is 0 Å². The summed E-state index contributed by atoms with van der Waals surface area (Å²) in [4.78, 5) is 20.9. The van der Waals surface area contributed by atoms with Crippen molar-refractivity contribution >= 4 is 5.91 Å². The maximum Gasteiger partial charge on any atom is 0.225 e. The van der Waals surface area contributed by atoms with Gasteiger partial charge in [0.05, 0.1) is 12.5 Å². The number of hydrogen-bond acceptors (Lipinski definition) is 4. The molecule has 3 rings (SSSR count). The number of piperidine rings is 1. The summed E-state index contributed by atoms with van der Waals surface area (Å²) in [7, 11) is 0. The van der Waals surface area contributed by atoms with Crippen molar-refractivity contribution in [2.45, 2.75) is 39.3 Å². The fraction of sp³-hybridized carbons (Fsp3) is 0.643. The molecule has 5 heteroatoms. The highest BCUT2D eigenvalue weighted by atomic mass is 16.2. The van der Waals surface area contributed by atoms with Gasteiger partial charge in [-0.25, -0.2) is 9.97 Å². The molecule has 3 atom stereocenters. The van der Waals surface area contributed by atoms with Crippen LogP contribution in [0.5, 0.6) is 0 Å². The van der Waals surface area contributed by atoms with Crippen molar-refractivity contribution in [1.29, 1.82) is 0 Å². The first kappa shape index (κ1) is 12.5.